The Labute approximate surface area is 199 Å². The van der Waals surface area contributed by atoms with Gasteiger partial charge in [-0.2, -0.15) is 18.2 Å². The number of hydrogen-bond acceptors (Lipinski definition) is 4. The minimum absolute atomic E-state index is 0.113. The highest BCUT2D eigenvalue weighted by atomic mass is 19.4. The number of benzene rings is 2. The Morgan fingerprint density at radius 1 is 0.941 bits per heavy atom. The molecule has 1 heterocycles. The number of rotatable bonds is 7. The fourth-order valence-electron chi connectivity index (χ4n) is 4.58. The zero-order valence-corrected chi connectivity index (χ0v) is 19.6. The zero-order valence-electron chi connectivity index (χ0n) is 19.6. The second-order valence-corrected chi connectivity index (χ2v) is 9.42. The quantitative estimate of drug-likeness (QED) is 0.367. The summed E-state index contributed by atoms with van der Waals surface area (Å²) in [4.78, 5) is 8.18. The van der Waals surface area contributed by atoms with Crippen molar-refractivity contribution >= 4 is 23.1 Å². The molecule has 1 saturated carbocycles. The maximum Gasteiger partial charge on any atom is 0.421 e. The second kappa shape index (κ2) is 10.5. The molecule has 1 fully saturated rings. The van der Waals surface area contributed by atoms with Crippen LogP contribution in [0.2, 0.25) is 0 Å². The predicted molar refractivity (Wildman–Crippen MR) is 131 cm³/mol. The largest absolute Gasteiger partial charge is 0.421 e. The number of halogens is 3. The first-order valence-electron chi connectivity index (χ1n) is 12.0. The van der Waals surface area contributed by atoms with Crippen LogP contribution >= 0.6 is 0 Å². The van der Waals surface area contributed by atoms with Crippen molar-refractivity contribution in [2.75, 3.05) is 10.6 Å². The molecule has 0 aliphatic heterocycles. The molecular weight excluding hydrogens is 437 g/mol. The van der Waals surface area contributed by atoms with Gasteiger partial charge in [0.15, 0.2) is 0 Å². The van der Waals surface area contributed by atoms with Gasteiger partial charge in [0, 0.05) is 17.6 Å². The fourth-order valence-corrected chi connectivity index (χ4v) is 4.58. The monoisotopic (exact) mass is 468 g/mol. The first-order valence-corrected chi connectivity index (χ1v) is 12.0. The maximum absolute atomic E-state index is 13.8. The highest BCUT2D eigenvalue weighted by Crippen LogP contribution is 2.39. The highest BCUT2D eigenvalue weighted by Gasteiger charge is 2.35. The summed E-state index contributed by atoms with van der Waals surface area (Å²) in [5, 5.41) is 6.03. The van der Waals surface area contributed by atoms with E-state index in [1.807, 2.05) is 48.5 Å². The van der Waals surface area contributed by atoms with Crippen LogP contribution in [0.5, 0.6) is 0 Å². The lowest BCUT2D eigenvalue weighted by atomic mass is 9.83. The zero-order chi connectivity index (χ0) is 24.1. The Morgan fingerprint density at radius 3 is 2.32 bits per heavy atom. The van der Waals surface area contributed by atoms with Crippen LogP contribution in [-0.4, -0.2) is 9.97 Å². The minimum Gasteiger partial charge on any atom is -0.339 e. The van der Waals surface area contributed by atoms with E-state index >= 15 is 0 Å². The van der Waals surface area contributed by atoms with Crippen LogP contribution in [-0.2, 0) is 12.6 Å². The number of alkyl halides is 3. The van der Waals surface area contributed by atoms with E-state index in [0.717, 1.165) is 49.6 Å². The molecule has 7 heteroatoms. The van der Waals surface area contributed by atoms with Crippen molar-refractivity contribution in [3.63, 3.8) is 0 Å². The van der Waals surface area contributed by atoms with E-state index in [1.54, 1.807) is 0 Å². The van der Waals surface area contributed by atoms with E-state index in [4.69, 9.17) is 0 Å². The van der Waals surface area contributed by atoms with Crippen LogP contribution in [0, 0.1) is 5.92 Å². The van der Waals surface area contributed by atoms with Crippen molar-refractivity contribution in [2.24, 2.45) is 5.92 Å². The summed E-state index contributed by atoms with van der Waals surface area (Å²) in [5.74, 6) is 0.754. The van der Waals surface area contributed by atoms with E-state index < -0.39 is 11.7 Å². The van der Waals surface area contributed by atoms with Crippen LogP contribution in [0.1, 0.15) is 68.6 Å². The number of aromatic nitrogens is 2. The lowest BCUT2D eigenvalue weighted by molar-refractivity contribution is -0.137. The summed E-state index contributed by atoms with van der Waals surface area (Å²) in [7, 11) is 0. The van der Waals surface area contributed by atoms with Gasteiger partial charge in [0.1, 0.15) is 11.4 Å². The Hall–Kier alpha value is -3.09. The topological polar surface area (TPSA) is 49.8 Å². The molecule has 0 amide bonds. The van der Waals surface area contributed by atoms with Crippen LogP contribution in [0.15, 0.2) is 54.7 Å². The van der Waals surface area contributed by atoms with E-state index in [9.17, 15) is 13.2 Å². The number of para-hydroxylation sites is 1. The molecule has 1 aromatic heterocycles. The van der Waals surface area contributed by atoms with Gasteiger partial charge in [-0.15, -0.1) is 0 Å². The van der Waals surface area contributed by atoms with E-state index in [1.165, 1.54) is 12.0 Å². The summed E-state index contributed by atoms with van der Waals surface area (Å²) in [6.07, 6.45) is 2.83. The van der Waals surface area contributed by atoms with Gasteiger partial charge in [0.2, 0.25) is 5.95 Å². The van der Waals surface area contributed by atoms with Gasteiger partial charge in [-0.1, -0.05) is 63.4 Å². The third kappa shape index (κ3) is 6.07. The van der Waals surface area contributed by atoms with Crippen molar-refractivity contribution in [1.29, 1.82) is 0 Å². The second-order valence-electron chi connectivity index (χ2n) is 9.42. The molecule has 0 radical (unpaired) electrons. The Balaban J connectivity index is 1.61. The molecule has 4 nitrogen and oxygen atoms in total. The summed E-state index contributed by atoms with van der Waals surface area (Å²) >= 11 is 0. The van der Waals surface area contributed by atoms with Crippen molar-refractivity contribution in [1.82, 2.24) is 9.97 Å². The van der Waals surface area contributed by atoms with Crippen molar-refractivity contribution in [3.8, 4) is 0 Å². The molecule has 0 saturated heterocycles. The van der Waals surface area contributed by atoms with Gasteiger partial charge < -0.3 is 10.6 Å². The molecule has 3 aromatic rings. The molecule has 1 aliphatic carbocycles. The molecule has 2 N–H and O–H groups in total. The number of anilines is 4. The number of hydrogen-bond donors (Lipinski definition) is 2. The molecule has 34 heavy (non-hydrogen) atoms. The molecule has 180 valence electrons. The van der Waals surface area contributed by atoms with Gasteiger partial charge in [-0.05, 0) is 60.4 Å². The Bertz CT molecular complexity index is 1090. The van der Waals surface area contributed by atoms with Crippen molar-refractivity contribution < 1.29 is 13.2 Å². The SMILES string of the molecule is CC(C)Cc1ccc(Nc2ncc(C(F)(F)F)c(Nc3ccccc3C3CCCCC3)n2)cc1. The summed E-state index contributed by atoms with van der Waals surface area (Å²) < 4.78 is 41.3. The minimum atomic E-state index is -4.57. The van der Waals surface area contributed by atoms with Gasteiger partial charge in [0.05, 0.1) is 0 Å². The molecule has 0 atom stereocenters. The molecular formula is C27H31F3N4. The lowest BCUT2D eigenvalue weighted by Gasteiger charge is -2.25. The van der Waals surface area contributed by atoms with Gasteiger partial charge in [-0.3, -0.25) is 0 Å². The van der Waals surface area contributed by atoms with E-state index in [0.29, 0.717) is 17.5 Å². The predicted octanol–water partition coefficient (Wildman–Crippen LogP) is 8.23. The molecule has 4 rings (SSSR count). The number of nitrogens with zero attached hydrogens (tertiary/aromatic N) is 2. The Morgan fingerprint density at radius 2 is 1.65 bits per heavy atom. The first-order chi connectivity index (χ1) is 16.3. The van der Waals surface area contributed by atoms with Crippen LogP contribution < -0.4 is 10.6 Å². The average Bonchev–Trinajstić information content (AvgIpc) is 2.80. The summed E-state index contributed by atoms with van der Waals surface area (Å²) in [5.41, 5.74) is 2.76. The third-order valence-corrected chi connectivity index (χ3v) is 6.21. The summed E-state index contributed by atoms with van der Waals surface area (Å²) in [6.45, 7) is 4.31. The van der Waals surface area contributed by atoms with Crippen LogP contribution in [0.25, 0.3) is 0 Å². The van der Waals surface area contributed by atoms with Gasteiger partial charge in [0.25, 0.3) is 0 Å². The maximum atomic E-state index is 13.8. The van der Waals surface area contributed by atoms with Crippen molar-refractivity contribution in [3.05, 3.63) is 71.4 Å². The lowest BCUT2D eigenvalue weighted by Crippen LogP contribution is -2.14. The molecule has 0 bridgehead atoms. The van der Waals surface area contributed by atoms with Crippen LogP contribution in [0.3, 0.4) is 0 Å². The van der Waals surface area contributed by atoms with Crippen LogP contribution in [0.4, 0.5) is 36.3 Å². The molecule has 1 aliphatic rings. The number of nitrogens with one attached hydrogen (secondary N) is 2. The first kappa shape index (κ1) is 24.0. The average molecular weight is 469 g/mol. The third-order valence-electron chi connectivity index (χ3n) is 6.21. The summed E-state index contributed by atoms with van der Waals surface area (Å²) in [6, 6.07) is 15.4. The molecule has 2 aromatic carbocycles. The molecule has 0 spiro atoms. The van der Waals surface area contributed by atoms with E-state index in [2.05, 4.69) is 34.4 Å². The van der Waals surface area contributed by atoms with Crippen molar-refractivity contribution in [2.45, 2.75) is 64.5 Å². The highest BCUT2D eigenvalue weighted by molar-refractivity contribution is 5.66. The molecule has 0 unspecified atom stereocenters. The van der Waals surface area contributed by atoms with E-state index in [-0.39, 0.29) is 11.8 Å². The standard InChI is InChI=1S/C27H31F3N4/c1-18(2)16-19-12-14-21(15-13-19)32-26-31-17-23(27(28,29)30)25(34-26)33-24-11-7-6-10-22(24)20-8-4-3-5-9-20/h6-7,10-15,17-18,20H,3-5,8-9,16H2,1-2H3,(H2,31,32,33,34). The van der Waals surface area contributed by atoms with Gasteiger partial charge >= 0.3 is 6.18 Å². The Kier molecular flexibility index (Phi) is 7.39. The van der Waals surface area contributed by atoms with Gasteiger partial charge in [-0.25, -0.2) is 4.98 Å². The normalized spacial score (nSPS) is 14.9. The smallest absolute Gasteiger partial charge is 0.339 e. The fraction of sp³-hybridized carbons (Fsp3) is 0.407.